The van der Waals surface area contributed by atoms with E-state index in [4.69, 9.17) is 0 Å². The van der Waals surface area contributed by atoms with Crippen LogP contribution in [0.2, 0.25) is 0 Å². The van der Waals surface area contributed by atoms with E-state index in [1.807, 2.05) is 31.3 Å². The average Bonchev–Trinajstić information content (AvgIpc) is 2.66. The van der Waals surface area contributed by atoms with E-state index < -0.39 is 0 Å². The Bertz CT molecular complexity index is 922. The number of nitrogens with zero attached hydrogens (tertiary/aromatic N) is 2. The number of nitrogens with one attached hydrogen (secondary N) is 2. The third-order valence-electron chi connectivity index (χ3n) is 4.15. The van der Waals surface area contributed by atoms with Gasteiger partial charge in [0.1, 0.15) is 5.82 Å². The van der Waals surface area contributed by atoms with Gasteiger partial charge in [0.2, 0.25) is 0 Å². The van der Waals surface area contributed by atoms with Crippen LogP contribution < -0.4 is 10.6 Å². The number of pyridine rings is 1. The predicted octanol–water partition coefficient (Wildman–Crippen LogP) is 4.56. The second-order valence-corrected chi connectivity index (χ2v) is 6.12. The monoisotopic (exact) mass is 478 g/mol. The fourth-order valence-electron chi connectivity index (χ4n) is 2.81. The molecule has 0 atom stereocenters. The molecule has 3 rings (SSSR count). The number of benzene rings is 2. The first-order valence-corrected chi connectivity index (χ1v) is 8.77. The van der Waals surface area contributed by atoms with E-state index in [1.165, 1.54) is 6.07 Å². The van der Waals surface area contributed by atoms with Crippen LogP contribution in [0, 0.1) is 12.7 Å². The Kier molecular flexibility index (Phi) is 7.97. The molecule has 1 aromatic heterocycles. The van der Waals surface area contributed by atoms with Gasteiger partial charge in [-0.05, 0) is 42.7 Å². The summed E-state index contributed by atoms with van der Waals surface area (Å²) in [6.45, 7) is 5.67. The van der Waals surface area contributed by atoms with E-state index in [-0.39, 0.29) is 29.8 Å². The molecule has 3 aromatic rings. The molecule has 0 aliphatic rings. The molecule has 0 amide bonds. The van der Waals surface area contributed by atoms with Gasteiger partial charge in [-0.25, -0.2) is 9.38 Å². The first kappa shape index (κ1) is 21.1. The summed E-state index contributed by atoms with van der Waals surface area (Å²) >= 11 is 0. The molecule has 2 aromatic carbocycles. The maximum Gasteiger partial charge on any atom is 0.191 e. The van der Waals surface area contributed by atoms with E-state index >= 15 is 0 Å². The SMILES string of the molecule is CCNC(=NCc1ccc(F)c(C)c1)NCc1cccc2cccnc12.I. The zero-order valence-corrected chi connectivity index (χ0v) is 17.8. The number of rotatable bonds is 5. The van der Waals surface area contributed by atoms with Crippen LogP contribution in [0.15, 0.2) is 59.7 Å². The lowest BCUT2D eigenvalue weighted by atomic mass is 10.1. The molecule has 0 aliphatic heterocycles. The van der Waals surface area contributed by atoms with Crippen molar-refractivity contribution < 1.29 is 4.39 Å². The molecule has 6 heteroatoms. The molecule has 2 N–H and O–H groups in total. The number of halogens is 2. The highest BCUT2D eigenvalue weighted by Gasteiger charge is 2.04. The molecule has 0 radical (unpaired) electrons. The Morgan fingerprint density at radius 3 is 2.70 bits per heavy atom. The summed E-state index contributed by atoms with van der Waals surface area (Å²) in [5, 5.41) is 7.71. The first-order chi connectivity index (χ1) is 12.7. The molecular formula is C21H24FIN4. The first-order valence-electron chi connectivity index (χ1n) is 8.77. The summed E-state index contributed by atoms with van der Waals surface area (Å²) in [6, 6.07) is 15.2. The lowest BCUT2D eigenvalue weighted by Crippen LogP contribution is -2.36. The summed E-state index contributed by atoms with van der Waals surface area (Å²) in [6.07, 6.45) is 1.81. The van der Waals surface area contributed by atoms with Gasteiger partial charge in [0.05, 0.1) is 12.1 Å². The van der Waals surface area contributed by atoms with Gasteiger partial charge in [-0.15, -0.1) is 24.0 Å². The Hall–Kier alpha value is -2.22. The number of guanidine groups is 1. The molecule has 0 saturated carbocycles. The molecule has 0 spiro atoms. The smallest absolute Gasteiger partial charge is 0.191 e. The third-order valence-corrected chi connectivity index (χ3v) is 4.15. The van der Waals surface area contributed by atoms with Crippen LogP contribution in [0.25, 0.3) is 10.9 Å². The van der Waals surface area contributed by atoms with Gasteiger partial charge in [0.25, 0.3) is 0 Å². The Labute approximate surface area is 176 Å². The van der Waals surface area contributed by atoms with Crippen LogP contribution in [0.4, 0.5) is 4.39 Å². The van der Waals surface area contributed by atoms with Gasteiger partial charge >= 0.3 is 0 Å². The van der Waals surface area contributed by atoms with Crippen molar-refractivity contribution in [3.8, 4) is 0 Å². The number of para-hydroxylation sites is 1. The van der Waals surface area contributed by atoms with Crippen molar-refractivity contribution in [2.45, 2.75) is 26.9 Å². The topological polar surface area (TPSA) is 49.3 Å². The van der Waals surface area contributed by atoms with Crippen molar-refractivity contribution in [3.63, 3.8) is 0 Å². The second kappa shape index (κ2) is 10.2. The molecule has 0 aliphatic carbocycles. The molecule has 27 heavy (non-hydrogen) atoms. The number of fused-ring (bicyclic) bond motifs is 1. The maximum absolute atomic E-state index is 13.4. The van der Waals surface area contributed by atoms with Crippen molar-refractivity contribution in [3.05, 3.63) is 77.2 Å². The van der Waals surface area contributed by atoms with Crippen molar-refractivity contribution in [1.82, 2.24) is 15.6 Å². The van der Waals surface area contributed by atoms with Crippen molar-refractivity contribution >= 4 is 40.8 Å². The van der Waals surface area contributed by atoms with Crippen LogP contribution in [0.5, 0.6) is 0 Å². The largest absolute Gasteiger partial charge is 0.357 e. The fourth-order valence-corrected chi connectivity index (χ4v) is 2.81. The highest BCUT2D eigenvalue weighted by Crippen LogP contribution is 2.15. The summed E-state index contributed by atoms with van der Waals surface area (Å²) < 4.78 is 13.4. The molecule has 1 heterocycles. The van der Waals surface area contributed by atoms with E-state index in [0.29, 0.717) is 18.7 Å². The molecule has 0 unspecified atom stereocenters. The summed E-state index contributed by atoms with van der Waals surface area (Å²) in [4.78, 5) is 9.08. The van der Waals surface area contributed by atoms with E-state index in [1.54, 1.807) is 13.0 Å². The fraction of sp³-hybridized carbons (Fsp3) is 0.238. The van der Waals surface area contributed by atoms with Crippen molar-refractivity contribution in [2.24, 2.45) is 4.99 Å². The average molecular weight is 478 g/mol. The van der Waals surface area contributed by atoms with Crippen molar-refractivity contribution in [2.75, 3.05) is 6.54 Å². The predicted molar refractivity (Wildman–Crippen MR) is 120 cm³/mol. The molecule has 0 fully saturated rings. The molecule has 4 nitrogen and oxygen atoms in total. The summed E-state index contributed by atoms with van der Waals surface area (Å²) in [5.74, 6) is 0.536. The number of aromatic nitrogens is 1. The lowest BCUT2D eigenvalue weighted by molar-refractivity contribution is 0.617. The zero-order chi connectivity index (χ0) is 18.4. The minimum atomic E-state index is -0.189. The van der Waals surface area contributed by atoms with Crippen LogP contribution in [-0.4, -0.2) is 17.5 Å². The molecule has 0 bridgehead atoms. The normalized spacial score (nSPS) is 11.1. The van der Waals surface area contributed by atoms with Crippen LogP contribution in [-0.2, 0) is 13.1 Å². The van der Waals surface area contributed by atoms with Gasteiger partial charge in [0, 0.05) is 24.7 Å². The summed E-state index contributed by atoms with van der Waals surface area (Å²) in [7, 11) is 0. The molecular weight excluding hydrogens is 454 g/mol. The summed E-state index contributed by atoms with van der Waals surface area (Å²) in [5.41, 5.74) is 3.73. The second-order valence-electron chi connectivity index (χ2n) is 6.12. The Morgan fingerprint density at radius 1 is 1.11 bits per heavy atom. The number of hydrogen-bond donors (Lipinski definition) is 2. The minimum Gasteiger partial charge on any atom is -0.357 e. The van der Waals surface area contributed by atoms with Gasteiger partial charge in [0.15, 0.2) is 5.96 Å². The van der Waals surface area contributed by atoms with Crippen LogP contribution in [0.3, 0.4) is 0 Å². The highest BCUT2D eigenvalue weighted by atomic mass is 127. The van der Waals surface area contributed by atoms with Crippen LogP contribution >= 0.6 is 24.0 Å². The highest BCUT2D eigenvalue weighted by molar-refractivity contribution is 14.0. The standard InChI is InChI=1S/C21H23FN4.HI/c1-3-23-21(25-13-16-9-10-19(22)15(2)12-16)26-14-18-7-4-6-17-8-5-11-24-20(17)18;/h4-12H,3,13-14H2,1-2H3,(H2,23,25,26);1H. The Balaban J connectivity index is 0.00000261. The van der Waals surface area contributed by atoms with Crippen molar-refractivity contribution in [1.29, 1.82) is 0 Å². The number of aliphatic imine (C=N–C) groups is 1. The van der Waals surface area contributed by atoms with Gasteiger partial charge < -0.3 is 10.6 Å². The van der Waals surface area contributed by atoms with E-state index in [9.17, 15) is 4.39 Å². The lowest BCUT2D eigenvalue weighted by Gasteiger charge is -2.12. The molecule has 0 saturated heterocycles. The van der Waals surface area contributed by atoms with Gasteiger partial charge in [-0.1, -0.05) is 36.4 Å². The van der Waals surface area contributed by atoms with Gasteiger partial charge in [-0.3, -0.25) is 4.98 Å². The zero-order valence-electron chi connectivity index (χ0n) is 15.5. The number of hydrogen-bond acceptors (Lipinski definition) is 2. The van der Waals surface area contributed by atoms with E-state index in [2.05, 4.69) is 38.8 Å². The maximum atomic E-state index is 13.4. The number of aryl methyl sites for hydroxylation is 1. The van der Waals surface area contributed by atoms with Crippen LogP contribution in [0.1, 0.15) is 23.6 Å². The Morgan fingerprint density at radius 2 is 1.93 bits per heavy atom. The van der Waals surface area contributed by atoms with Gasteiger partial charge in [-0.2, -0.15) is 0 Å². The third kappa shape index (κ3) is 5.63. The quantitative estimate of drug-likeness (QED) is 0.321. The van der Waals surface area contributed by atoms with E-state index in [0.717, 1.165) is 34.5 Å². The molecule has 142 valence electrons. The minimum absolute atomic E-state index is 0.